The molecule has 0 aliphatic carbocycles. The number of nitriles is 2. The number of amides is 1. The molecule has 2 heterocycles. The van der Waals surface area contributed by atoms with Crippen molar-refractivity contribution in [2.75, 3.05) is 25.1 Å². The molecule has 1 aliphatic rings. The summed E-state index contributed by atoms with van der Waals surface area (Å²) in [5.41, 5.74) is 1.04. The Morgan fingerprint density at radius 1 is 1.21 bits per heavy atom. The van der Waals surface area contributed by atoms with Crippen LogP contribution in [-0.4, -0.2) is 35.6 Å². The standard InChI is InChI=1S/C20H19FN6O2/c21-8-18-17(19(28)24-11-13-1-3-29-4-2-13)12-25-20(27-18)26-16-6-14(9-22)5-15(7-16)10-23/h5-7,12-13H,1-4,8,11H2,(H,24,28)(H,25,26,27). The molecule has 1 saturated heterocycles. The van der Waals surface area contributed by atoms with Crippen LogP contribution >= 0.6 is 0 Å². The normalized spacial score (nSPS) is 13.9. The van der Waals surface area contributed by atoms with Crippen LogP contribution in [0.15, 0.2) is 24.4 Å². The number of carbonyl (C=O) groups excluding carboxylic acids is 1. The van der Waals surface area contributed by atoms with Crippen LogP contribution in [0.25, 0.3) is 0 Å². The Kier molecular flexibility index (Phi) is 6.67. The highest BCUT2D eigenvalue weighted by Crippen LogP contribution is 2.19. The number of anilines is 2. The van der Waals surface area contributed by atoms with E-state index in [-0.39, 0.29) is 17.2 Å². The minimum atomic E-state index is -0.932. The lowest BCUT2D eigenvalue weighted by atomic mass is 10.0. The zero-order chi connectivity index (χ0) is 20.6. The quantitative estimate of drug-likeness (QED) is 0.772. The summed E-state index contributed by atoms with van der Waals surface area (Å²) in [4.78, 5) is 20.6. The molecule has 9 heteroatoms. The molecule has 1 aromatic heterocycles. The second-order valence-electron chi connectivity index (χ2n) is 6.60. The van der Waals surface area contributed by atoms with Crippen LogP contribution in [0.4, 0.5) is 16.0 Å². The second kappa shape index (κ2) is 9.58. The first-order chi connectivity index (χ1) is 14.1. The highest BCUT2D eigenvalue weighted by molar-refractivity contribution is 5.95. The number of benzene rings is 1. The Hall–Kier alpha value is -3.56. The molecule has 1 aliphatic heterocycles. The van der Waals surface area contributed by atoms with Gasteiger partial charge in [0.2, 0.25) is 5.95 Å². The van der Waals surface area contributed by atoms with Crippen molar-refractivity contribution in [1.29, 1.82) is 10.5 Å². The van der Waals surface area contributed by atoms with E-state index in [1.807, 2.05) is 12.1 Å². The number of carbonyl (C=O) groups is 1. The van der Waals surface area contributed by atoms with Crippen LogP contribution < -0.4 is 10.6 Å². The van der Waals surface area contributed by atoms with E-state index < -0.39 is 12.6 Å². The van der Waals surface area contributed by atoms with Crippen molar-refractivity contribution in [3.63, 3.8) is 0 Å². The van der Waals surface area contributed by atoms with E-state index in [9.17, 15) is 9.18 Å². The number of ether oxygens (including phenoxy) is 1. The van der Waals surface area contributed by atoms with Gasteiger partial charge in [-0.2, -0.15) is 10.5 Å². The molecule has 0 unspecified atom stereocenters. The number of aromatic nitrogens is 2. The number of hydrogen-bond acceptors (Lipinski definition) is 7. The van der Waals surface area contributed by atoms with Crippen molar-refractivity contribution in [1.82, 2.24) is 15.3 Å². The van der Waals surface area contributed by atoms with Gasteiger partial charge in [-0.05, 0) is 37.0 Å². The van der Waals surface area contributed by atoms with Crippen molar-refractivity contribution in [2.24, 2.45) is 5.92 Å². The number of hydrogen-bond donors (Lipinski definition) is 2. The van der Waals surface area contributed by atoms with E-state index in [1.165, 1.54) is 24.4 Å². The molecule has 1 fully saturated rings. The molecule has 0 bridgehead atoms. The maximum Gasteiger partial charge on any atom is 0.254 e. The van der Waals surface area contributed by atoms with Crippen LogP contribution in [0, 0.1) is 28.6 Å². The average Bonchev–Trinajstić information content (AvgIpc) is 2.77. The van der Waals surface area contributed by atoms with Crippen LogP contribution in [-0.2, 0) is 11.4 Å². The van der Waals surface area contributed by atoms with E-state index in [4.69, 9.17) is 15.3 Å². The summed E-state index contributed by atoms with van der Waals surface area (Å²) in [7, 11) is 0. The zero-order valence-electron chi connectivity index (χ0n) is 15.6. The van der Waals surface area contributed by atoms with Gasteiger partial charge >= 0.3 is 0 Å². The third kappa shape index (κ3) is 5.24. The summed E-state index contributed by atoms with van der Waals surface area (Å²) >= 11 is 0. The Labute approximate surface area is 167 Å². The summed E-state index contributed by atoms with van der Waals surface area (Å²) in [5, 5.41) is 23.8. The van der Waals surface area contributed by atoms with Gasteiger partial charge in [-0.25, -0.2) is 14.4 Å². The summed E-state index contributed by atoms with van der Waals surface area (Å²) in [6, 6.07) is 8.42. The third-order valence-corrected chi connectivity index (χ3v) is 4.58. The topological polar surface area (TPSA) is 124 Å². The molecular formula is C20H19FN6O2. The highest BCUT2D eigenvalue weighted by atomic mass is 19.1. The number of nitrogens with zero attached hydrogens (tertiary/aromatic N) is 4. The lowest BCUT2D eigenvalue weighted by Crippen LogP contribution is -2.32. The minimum absolute atomic E-state index is 0.0380. The molecule has 2 N–H and O–H groups in total. The van der Waals surface area contributed by atoms with Crippen molar-refractivity contribution >= 4 is 17.5 Å². The van der Waals surface area contributed by atoms with E-state index in [0.29, 0.717) is 42.5 Å². The minimum Gasteiger partial charge on any atom is -0.381 e. The number of alkyl halides is 1. The maximum atomic E-state index is 13.5. The van der Waals surface area contributed by atoms with Gasteiger partial charge in [0.1, 0.15) is 6.67 Å². The fraction of sp³-hybridized carbons (Fsp3) is 0.350. The van der Waals surface area contributed by atoms with Crippen molar-refractivity contribution in [2.45, 2.75) is 19.5 Å². The first-order valence-electron chi connectivity index (χ1n) is 9.13. The van der Waals surface area contributed by atoms with E-state index in [1.54, 1.807) is 0 Å². The summed E-state index contributed by atoms with van der Waals surface area (Å²) < 4.78 is 18.8. The van der Waals surface area contributed by atoms with Gasteiger partial charge in [0, 0.05) is 31.6 Å². The van der Waals surface area contributed by atoms with Gasteiger partial charge < -0.3 is 15.4 Å². The van der Waals surface area contributed by atoms with E-state index >= 15 is 0 Å². The van der Waals surface area contributed by atoms with Gasteiger partial charge in [-0.3, -0.25) is 4.79 Å². The molecule has 148 valence electrons. The fourth-order valence-corrected chi connectivity index (χ4v) is 3.01. The lowest BCUT2D eigenvalue weighted by Gasteiger charge is -2.22. The second-order valence-corrected chi connectivity index (χ2v) is 6.60. The lowest BCUT2D eigenvalue weighted by molar-refractivity contribution is 0.0642. The molecule has 0 saturated carbocycles. The molecular weight excluding hydrogens is 375 g/mol. The molecule has 0 spiro atoms. The molecule has 1 amide bonds. The summed E-state index contributed by atoms with van der Waals surface area (Å²) in [6.07, 6.45) is 3.02. The van der Waals surface area contributed by atoms with Gasteiger partial charge in [0.15, 0.2) is 0 Å². The predicted octanol–water partition coefficient (Wildman–Crippen LogP) is 2.59. The number of rotatable bonds is 6. The van der Waals surface area contributed by atoms with Crippen LogP contribution in [0.2, 0.25) is 0 Å². The maximum absolute atomic E-state index is 13.5. The monoisotopic (exact) mass is 394 g/mol. The van der Waals surface area contributed by atoms with Crippen molar-refractivity contribution < 1.29 is 13.9 Å². The fourth-order valence-electron chi connectivity index (χ4n) is 3.01. The first-order valence-corrected chi connectivity index (χ1v) is 9.13. The molecule has 0 radical (unpaired) electrons. The molecule has 0 atom stereocenters. The Bertz CT molecular complexity index is 944. The van der Waals surface area contributed by atoms with Crippen molar-refractivity contribution in [3.05, 3.63) is 46.8 Å². The van der Waals surface area contributed by atoms with E-state index in [2.05, 4.69) is 20.6 Å². The Morgan fingerprint density at radius 2 is 1.90 bits per heavy atom. The Balaban J connectivity index is 1.72. The predicted molar refractivity (Wildman–Crippen MR) is 102 cm³/mol. The van der Waals surface area contributed by atoms with Crippen LogP contribution in [0.5, 0.6) is 0 Å². The van der Waals surface area contributed by atoms with Gasteiger partial charge in [0.25, 0.3) is 5.91 Å². The summed E-state index contributed by atoms with van der Waals surface area (Å²) in [6.45, 7) is 0.922. The first kappa shape index (κ1) is 20.2. The molecule has 3 rings (SSSR count). The van der Waals surface area contributed by atoms with Crippen LogP contribution in [0.3, 0.4) is 0 Å². The van der Waals surface area contributed by atoms with Gasteiger partial charge in [0.05, 0.1) is 34.5 Å². The number of halogens is 1. The van der Waals surface area contributed by atoms with Crippen molar-refractivity contribution in [3.8, 4) is 12.1 Å². The highest BCUT2D eigenvalue weighted by Gasteiger charge is 2.18. The number of nitrogens with one attached hydrogen (secondary N) is 2. The molecule has 29 heavy (non-hydrogen) atoms. The van der Waals surface area contributed by atoms with Gasteiger partial charge in [-0.15, -0.1) is 0 Å². The molecule has 1 aromatic carbocycles. The van der Waals surface area contributed by atoms with Crippen LogP contribution in [0.1, 0.15) is 40.0 Å². The molecule has 8 nitrogen and oxygen atoms in total. The third-order valence-electron chi connectivity index (χ3n) is 4.58. The summed E-state index contributed by atoms with van der Waals surface area (Å²) in [5.74, 6) is -0.0170. The molecule has 2 aromatic rings. The Morgan fingerprint density at radius 3 is 2.52 bits per heavy atom. The SMILES string of the molecule is N#Cc1cc(C#N)cc(Nc2ncc(C(=O)NCC3CCOCC3)c(CF)n2)c1. The van der Waals surface area contributed by atoms with E-state index in [0.717, 1.165) is 12.8 Å². The smallest absolute Gasteiger partial charge is 0.254 e. The van der Waals surface area contributed by atoms with Gasteiger partial charge in [-0.1, -0.05) is 0 Å². The largest absolute Gasteiger partial charge is 0.381 e. The zero-order valence-corrected chi connectivity index (χ0v) is 15.6. The average molecular weight is 394 g/mol.